The predicted octanol–water partition coefficient (Wildman–Crippen LogP) is 3.53. The molecule has 0 spiro atoms. The van der Waals surface area contributed by atoms with Crippen molar-refractivity contribution < 1.29 is 4.74 Å². The lowest BCUT2D eigenvalue weighted by atomic mass is 10.3. The average Bonchev–Trinajstić information content (AvgIpc) is 2.36. The molecule has 2 aromatic rings. The van der Waals surface area contributed by atoms with E-state index in [9.17, 15) is 0 Å². The van der Waals surface area contributed by atoms with E-state index in [1.807, 2.05) is 45.2 Å². The molecule has 2 rings (SSSR count). The first-order chi connectivity index (χ1) is 8.61. The number of ether oxygens (including phenoxy) is 1. The van der Waals surface area contributed by atoms with Gasteiger partial charge in [-0.2, -0.15) is 4.98 Å². The minimum atomic E-state index is 0.593. The zero-order valence-corrected chi connectivity index (χ0v) is 12.6. The van der Waals surface area contributed by atoms with Crippen LogP contribution in [0.1, 0.15) is 11.4 Å². The van der Waals surface area contributed by atoms with Crippen molar-refractivity contribution in [2.75, 3.05) is 12.4 Å². The van der Waals surface area contributed by atoms with Gasteiger partial charge in [-0.15, -0.1) is 0 Å². The van der Waals surface area contributed by atoms with Crippen LogP contribution in [-0.4, -0.2) is 17.0 Å². The molecule has 0 radical (unpaired) electrons. The molecule has 0 saturated carbocycles. The number of nitrogens with one attached hydrogen (secondary N) is 1. The Hall–Kier alpha value is -1.37. The smallest absolute Gasteiger partial charge is 0.227 e. The fraction of sp³-hybridized carbons (Fsp3) is 0.231. The summed E-state index contributed by atoms with van der Waals surface area (Å²) in [7, 11) is 1.84. The second-order valence-electron chi connectivity index (χ2n) is 3.83. The second-order valence-corrected chi connectivity index (χ2v) is 4.99. The normalized spacial score (nSPS) is 10.2. The van der Waals surface area contributed by atoms with Crippen molar-refractivity contribution in [3.8, 4) is 11.6 Å². The summed E-state index contributed by atoms with van der Waals surface area (Å²) in [6, 6.07) is 7.85. The Morgan fingerprint density at radius 1 is 1.17 bits per heavy atom. The summed E-state index contributed by atoms with van der Waals surface area (Å²) in [4.78, 5) is 8.65. The fourth-order valence-corrected chi connectivity index (χ4v) is 2.07. The van der Waals surface area contributed by atoms with Crippen molar-refractivity contribution in [3.63, 3.8) is 0 Å². The Morgan fingerprint density at radius 2 is 1.89 bits per heavy atom. The first-order valence-electron chi connectivity index (χ1n) is 5.57. The van der Waals surface area contributed by atoms with Crippen LogP contribution in [-0.2, 0) is 0 Å². The molecule has 1 heterocycles. The van der Waals surface area contributed by atoms with Crippen LogP contribution in [0.5, 0.6) is 11.6 Å². The van der Waals surface area contributed by atoms with E-state index in [1.165, 1.54) is 0 Å². The van der Waals surface area contributed by atoms with Crippen LogP contribution in [0, 0.1) is 17.4 Å². The summed E-state index contributed by atoms with van der Waals surface area (Å²) in [5, 5.41) is 3.04. The molecule has 0 aliphatic rings. The molecular formula is C13H14IN3O. The van der Waals surface area contributed by atoms with E-state index in [2.05, 4.69) is 37.9 Å². The van der Waals surface area contributed by atoms with Gasteiger partial charge in [0.15, 0.2) is 0 Å². The number of aryl methyl sites for hydroxylation is 1. The number of aromatic nitrogens is 2. The van der Waals surface area contributed by atoms with Gasteiger partial charge in [-0.1, -0.05) is 12.1 Å². The zero-order valence-electron chi connectivity index (χ0n) is 10.5. The van der Waals surface area contributed by atoms with Crippen molar-refractivity contribution in [2.45, 2.75) is 13.8 Å². The Labute approximate surface area is 120 Å². The summed E-state index contributed by atoms with van der Waals surface area (Å²) >= 11 is 2.24. The third-order valence-corrected chi connectivity index (χ3v) is 3.38. The fourth-order valence-electron chi connectivity index (χ4n) is 1.58. The van der Waals surface area contributed by atoms with Crippen molar-refractivity contribution in [3.05, 3.63) is 39.2 Å². The van der Waals surface area contributed by atoms with Gasteiger partial charge in [-0.25, -0.2) is 4.98 Å². The van der Waals surface area contributed by atoms with Gasteiger partial charge in [-0.05, 0) is 48.6 Å². The number of rotatable bonds is 3. The van der Waals surface area contributed by atoms with Gasteiger partial charge in [0.05, 0.1) is 9.13 Å². The summed E-state index contributed by atoms with van der Waals surface area (Å²) in [6.07, 6.45) is 0. The molecule has 4 nitrogen and oxygen atoms in total. The number of anilines is 1. The van der Waals surface area contributed by atoms with Crippen LogP contribution in [0.15, 0.2) is 24.3 Å². The third-order valence-electron chi connectivity index (χ3n) is 2.49. The first-order valence-corrected chi connectivity index (χ1v) is 6.65. The van der Waals surface area contributed by atoms with Gasteiger partial charge in [0.2, 0.25) is 5.88 Å². The monoisotopic (exact) mass is 355 g/mol. The maximum Gasteiger partial charge on any atom is 0.227 e. The molecule has 1 aromatic heterocycles. The van der Waals surface area contributed by atoms with Gasteiger partial charge in [-0.3, -0.25) is 0 Å². The van der Waals surface area contributed by atoms with Crippen LogP contribution in [0.4, 0.5) is 5.82 Å². The Balaban J connectivity index is 2.40. The summed E-state index contributed by atoms with van der Waals surface area (Å²) in [6.45, 7) is 3.79. The molecule has 1 N–H and O–H groups in total. The number of hydrogen-bond acceptors (Lipinski definition) is 4. The highest BCUT2D eigenvalue weighted by Gasteiger charge is 2.11. The van der Waals surface area contributed by atoms with E-state index >= 15 is 0 Å². The van der Waals surface area contributed by atoms with Crippen LogP contribution in [0.3, 0.4) is 0 Å². The van der Waals surface area contributed by atoms with Gasteiger partial charge in [0.1, 0.15) is 17.4 Å². The molecule has 0 unspecified atom stereocenters. The molecule has 0 saturated heterocycles. The van der Waals surface area contributed by atoms with E-state index in [4.69, 9.17) is 4.74 Å². The van der Waals surface area contributed by atoms with Crippen LogP contribution in [0.25, 0.3) is 0 Å². The standard InChI is InChI=1S/C13H14IN3O/c1-8-12(15-3)16-9(2)17-13(8)18-11-7-5-4-6-10(11)14/h4-7H,1-3H3,(H,15,16,17). The molecule has 0 aliphatic carbocycles. The Bertz CT molecular complexity index is 572. The number of para-hydroxylation sites is 1. The average molecular weight is 355 g/mol. The van der Waals surface area contributed by atoms with Gasteiger partial charge in [0, 0.05) is 7.05 Å². The van der Waals surface area contributed by atoms with E-state index in [0.717, 1.165) is 20.7 Å². The topological polar surface area (TPSA) is 47.0 Å². The lowest BCUT2D eigenvalue weighted by Gasteiger charge is -2.12. The van der Waals surface area contributed by atoms with E-state index in [1.54, 1.807) is 0 Å². The minimum Gasteiger partial charge on any atom is -0.437 e. The SMILES string of the molecule is CNc1nc(C)nc(Oc2ccccc2I)c1C. The first kappa shape index (κ1) is 13.1. The van der Waals surface area contributed by atoms with Crippen molar-refractivity contribution >= 4 is 28.4 Å². The molecule has 5 heteroatoms. The molecular weight excluding hydrogens is 341 g/mol. The molecule has 0 fully saturated rings. The van der Waals surface area contributed by atoms with E-state index in [-0.39, 0.29) is 0 Å². The second kappa shape index (κ2) is 5.51. The number of hydrogen-bond donors (Lipinski definition) is 1. The largest absolute Gasteiger partial charge is 0.437 e. The molecule has 0 amide bonds. The lowest BCUT2D eigenvalue weighted by molar-refractivity contribution is 0.453. The maximum atomic E-state index is 5.86. The molecule has 0 atom stereocenters. The van der Waals surface area contributed by atoms with Crippen molar-refractivity contribution in [1.29, 1.82) is 0 Å². The summed E-state index contributed by atoms with van der Waals surface area (Å²) in [5.41, 5.74) is 0.905. The molecule has 94 valence electrons. The van der Waals surface area contributed by atoms with E-state index in [0.29, 0.717) is 11.7 Å². The van der Waals surface area contributed by atoms with Crippen LogP contribution < -0.4 is 10.1 Å². The molecule has 1 aromatic carbocycles. The number of halogens is 1. The van der Waals surface area contributed by atoms with Crippen LogP contribution in [0.2, 0.25) is 0 Å². The lowest BCUT2D eigenvalue weighted by Crippen LogP contribution is -2.03. The highest BCUT2D eigenvalue weighted by molar-refractivity contribution is 14.1. The molecule has 0 aliphatic heterocycles. The van der Waals surface area contributed by atoms with Gasteiger partial charge in [0.25, 0.3) is 0 Å². The minimum absolute atomic E-state index is 0.593. The zero-order chi connectivity index (χ0) is 13.1. The predicted molar refractivity (Wildman–Crippen MR) is 80.3 cm³/mol. The highest BCUT2D eigenvalue weighted by Crippen LogP contribution is 2.29. The highest BCUT2D eigenvalue weighted by atomic mass is 127. The Morgan fingerprint density at radius 3 is 2.56 bits per heavy atom. The van der Waals surface area contributed by atoms with E-state index < -0.39 is 0 Å². The van der Waals surface area contributed by atoms with Gasteiger partial charge >= 0.3 is 0 Å². The quantitative estimate of drug-likeness (QED) is 0.856. The summed E-state index contributed by atoms with van der Waals surface area (Å²) < 4.78 is 6.92. The number of nitrogens with zero attached hydrogens (tertiary/aromatic N) is 2. The molecule has 0 bridgehead atoms. The van der Waals surface area contributed by atoms with Crippen molar-refractivity contribution in [1.82, 2.24) is 9.97 Å². The maximum absolute atomic E-state index is 5.86. The van der Waals surface area contributed by atoms with Crippen LogP contribution >= 0.6 is 22.6 Å². The Kier molecular flexibility index (Phi) is 4.00. The van der Waals surface area contributed by atoms with Gasteiger partial charge < -0.3 is 10.1 Å². The molecule has 18 heavy (non-hydrogen) atoms. The van der Waals surface area contributed by atoms with Crippen molar-refractivity contribution in [2.24, 2.45) is 0 Å². The number of benzene rings is 1. The summed E-state index contributed by atoms with van der Waals surface area (Å²) in [5.74, 6) is 2.88. The third kappa shape index (κ3) is 2.72.